The Morgan fingerprint density at radius 2 is 2.40 bits per heavy atom. The van der Waals surface area contributed by atoms with Crippen molar-refractivity contribution in [1.29, 1.82) is 0 Å². The van der Waals surface area contributed by atoms with E-state index in [9.17, 15) is 0 Å². The maximum absolute atomic E-state index is 5.14. The molecule has 2 rings (SSSR count). The molecule has 2 nitrogen and oxygen atoms in total. The van der Waals surface area contributed by atoms with Gasteiger partial charge in [0.25, 0.3) is 0 Å². The van der Waals surface area contributed by atoms with Gasteiger partial charge >= 0.3 is 0 Å². The smallest absolute Gasteiger partial charge is 0.189 e. The molecular formula is C7H4INO. The van der Waals surface area contributed by atoms with Gasteiger partial charge in [0.05, 0.1) is 0 Å². The molecule has 0 unspecified atom stereocenters. The molecule has 10 heavy (non-hydrogen) atoms. The van der Waals surface area contributed by atoms with Crippen LogP contribution in [0.1, 0.15) is 0 Å². The van der Waals surface area contributed by atoms with Crippen LogP contribution in [0.5, 0.6) is 0 Å². The molecule has 0 saturated heterocycles. The van der Waals surface area contributed by atoms with Crippen molar-refractivity contribution in [1.82, 2.24) is 4.98 Å². The van der Waals surface area contributed by atoms with E-state index in [4.69, 9.17) is 4.42 Å². The second-order valence-electron chi connectivity index (χ2n) is 1.95. The lowest BCUT2D eigenvalue weighted by atomic mass is 10.3. The van der Waals surface area contributed by atoms with Crippen molar-refractivity contribution >= 4 is 33.5 Å². The number of rotatable bonds is 0. The third-order valence-electron chi connectivity index (χ3n) is 1.31. The minimum absolute atomic E-state index is 0.855. The van der Waals surface area contributed by atoms with Gasteiger partial charge in [-0.05, 0) is 12.1 Å². The average Bonchev–Trinajstić information content (AvgIpc) is 2.34. The van der Waals surface area contributed by atoms with E-state index in [-0.39, 0.29) is 0 Å². The average molecular weight is 245 g/mol. The highest BCUT2D eigenvalue weighted by Crippen LogP contribution is 2.18. The van der Waals surface area contributed by atoms with Crippen molar-refractivity contribution < 1.29 is 4.42 Å². The number of nitrogens with zero attached hydrogens (tertiary/aromatic N) is 1. The molecule has 0 spiro atoms. The molecule has 0 fully saturated rings. The summed E-state index contributed by atoms with van der Waals surface area (Å²) in [5.41, 5.74) is 0.947. The maximum atomic E-state index is 5.14. The van der Waals surface area contributed by atoms with Crippen LogP contribution >= 0.6 is 22.6 Å². The number of furan rings is 1. The topological polar surface area (TPSA) is 26.0 Å². The Bertz CT molecular complexity index is 355. The second-order valence-corrected chi connectivity index (χ2v) is 2.93. The molecule has 2 aromatic rings. The summed E-state index contributed by atoms with van der Waals surface area (Å²) >= 11 is 2.12. The van der Waals surface area contributed by atoms with Gasteiger partial charge in [-0.1, -0.05) is 0 Å². The number of fused-ring (bicyclic) bond motifs is 1. The molecule has 2 heterocycles. The summed E-state index contributed by atoms with van der Waals surface area (Å²) in [7, 11) is 0. The standard InChI is InChI=1S/C7H4INO/c8-7-6-5(4-10-7)2-1-3-9-6/h1-4H. The number of hydrogen-bond donors (Lipinski definition) is 0. The molecule has 3 heteroatoms. The van der Waals surface area contributed by atoms with E-state index in [2.05, 4.69) is 27.6 Å². The normalized spacial score (nSPS) is 10.5. The fourth-order valence-corrected chi connectivity index (χ4v) is 1.43. The van der Waals surface area contributed by atoms with Gasteiger partial charge in [0, 0.05) is 34.2 Å². The van der Waals surface area contributed by atoms with Crippen molar-refractivity contribution in [3.8, 4) is 0 Å². The minimum Gasteiger partial charge on any atom is -0.456 e. The highest BCUT2D eigenvalue weighted by atomic mass is 127. The molecule has 50 valence electrons. The van der Waals surface area contributed by atoms with E-state index in [0.717, 1.165) is 14.7 Å². The van der Waals surface area contributed by atoms with Gasteiger partial charge in [-0.15, -0.1) is 0 Å². The fourth-order valence-electron chi connectivity index (χ4n) is 0.848. The quantitative estimate of drug-likeness (QED) is 0.666. The van der Waals surface area contributed by atoms with E-state index >= 15 is 0 Å². The Labute approximate surface area is 71.4 Å². The zero-order chi connectivity index (χ0) is 6.97. The lowest BCUT2D eigenvalue weighted by Crippen LogP contribution is -1.71. The molecule has 2 aromatic heterocycles. The van der Waals surface area contributed by atoms with Crippen LogP contribution in [0.15, 0.2) is 29.0 Å². The zero-order valence-corrected chi connectivity index (χ0v) is 7.20. The largest absolute Gasteiger partial charge is 0.456 e. The Hall–Kier alpha value is -0.580. The summed E-state index contributed by atoms with van der Waals surface area (Å²) in [5.74, 6) is 0. The van der Waals surface area contributed by atoms with Crippen molar-refractivity contribution in [2.75, 3.05) is 0 Å². The molecule has 0 N–H and O–H groups in total. The first-order valence-corrected chi connectivity index (χ1v) is 3.93. The van der Waals surface area contributed by atoms with Gasteiger partial charge in [-0.25, -0.2) is 0 Å². The molecule has 0 atom stereocenters. The molecular weight excluding hydrogens is 241 g/mol. The first-order valence-electron chi connectivity index (χ1n) is 2.85. The van der Waals surface area contributed by atoms with Gasteiger partial charge in [-0.3, -0.25) is 4.98 Å². The van der Waals surface area contributed by atoms with Gasteiger partial charge in [0.15, 0.2) is 3.77 Å². The summed E-state index contributed by atoms with van der Waals surface area (Å²) in [5, 5.41) is 1.06. The van der Waals surface area contributed by atoms with Crippen molar-refractivity contribution in [3.63, 3.8) is 0 Å². The van der Waals surface area contributed by atoms with Crippen LogP contribution in [-0.4, -0.2) is 4.98 Å². The van der Waals surface area contributed by atoms with Crippen molar-refractivity contribution in [2.45, 2.75) is 0 Å². The monoisotopic (exact) mass is 245 g/mol. The third-order valence-corrected chi connectivity index (χ3v) is 2.08. The number of pyridine rings is 1. The number of aromatic nitrogens is 1. The third kappa shape index (κ3) is 0.811. The summed E-state index contributed by atoms with van der Waals surface area (Å²) in [6.07, 6.45) is 3.48. The summed E-state index contributed by atoms with van der Waals surface area (Å²) in [4.78, 5) is 4.14. The highest BCUT2D eigenvalue weighted by Gasteiger charge is 2.00. The van der Waals surface area contributed by atoms with E-state index in [1.807, 2.05) is 12.1 Å². The predicted octanol–water partition coefficient (Wildman–Crippen LogP) is 2.43. The van der Waals surface area contributed by atoms with Crippen LogP contribution in [0.4, 0.5) is 0 Å². The van der Waals surface area contributed by atoms with Gasteiger partial charge in [0.2, 0.25) is 0 Å². The molecule has 0 bridgehead atoms. The van der Waals surface area contributed by atoms with Gasteiger partial charge < -0.3 is 4.42 Å². The van der Waals surface area contributed by atoms with Crippen molar-refractivity contribution in [2.24, 2.45) is 0 Å². The van der Waals surface area contributed by atoms with E-state index in [0.29, 0.717) is 0 Å². The molecule has 0 aromatic carbocycles. The zero-order valence-electron chi connectivity index (χ0n) is 5.04. The van der Waals surface area contributed by atoms with Gasteiger partial charge in [-0.2, -0.15) is 0 Å². The van der Waals surface area contributed by atoms with Crippen LogP contribution in [-0.2, 0) is 0 Å². The molecule has 0 aliphatic heterocycles. The van der Waals surface area contributed by atoms with Crippen LogP contribution in [0.25, 0.3) is 10.9 Å². The fraction of sp³-hybridized carbons (Fsp3) is 0. The van der Waals surface area contributed by atoms with Crippen LogP contribution in [0.2, 0.25) is 0 Å². The molecule has 0 saturated carbocycles. The first-order chi connectivity index (χ1) is 4.88. The van der Waals surface area contributed by atoms with Crippen molar-refractivity contribution in [3.05, 3.63) is 28.4 Å². The summed E-state index contributed by atoms with van der Waals surface area (Å²) in [6, 6.07) is 3.88. The Morgan fingerprint density at radius 1 is 1.50 bits per heavy atom. The second kappa shape index (κ2) is 2.23. The number of halogens is 1. The predicted molar refractivity (Wildman–Crippen MR) is 46.7 cm³/mol. The highest BCUT2D eigenvalue weighted by molar-refractivity contribution is 14.1. The SMILES string of the molecule is Ic1occ2cccnc12. The van der Waals surface area contributed by atoms with Crippen LogP contribution < -0.4 is 0 Å². The molecule has 0 aliphatic carbocycles. The minimum atomic E-state index is 0.855. The Morgan fingerprint density at radius 3 is 3.20 bits per heavy atom. The van der Waals surface area contributed by atoms with Crippen LogP contribution in [0, 0.1) is 3.77 Å². The van der Waals surface area contributed by atoms with E-state index in [1.54, 1.807) is 12.5 Å². The van der Waals surface area contributed by atoms with Gasteiger partial charge in [0.1, 0.15) is 11.8 Å². The summed E-state index contributed by atoms with van der Waals surface area (Å²) < 4.78 is 5.99. The molecule has 0 radical (unpaired) electrons. The molecule has 0 aliphatic rings. The molecule has 0 amide bonds. The first kappa shape index (κ1) is 6.15. The lowest BCUT2D eigenvalue weighted by molar-refractivity contribution is 0.543. The maximum Gasteiger partial charge on any atom is 0.189 e. The summed E-state index contributed by atoms with van der Waals surface area (Å²) in [6.45, 7) is 0. The van der Waals surface area contributed by atoms with E-state index in [1.165, 1.54) is 0 Å². The lowest BCUT2D eigenvalue weighted by Gasteiger charge is -1.82. The van der Waals surface area contributed by atoms with Crippen LogP contribution in [0.3, 0.4) is 0 Å². The Kier molecular flexibility index (Phi) is 1.37. The number of hydrogen-bond acceptors (Lipinski definition) is 2. The van der Waals surface area contributed by atoms with E-state index < -0.39 is 0 Å². The Balaban J connectivity index is 2.93.